The first-order valence-electron chi connectivity index (χ1n) is 12.2. The smallest absolute Gasteiger partial charge is 0.263 e. The number of nitrogens with zero attached hydrogens (tertiary/aromatic N) is 3. The van der Waals surface area contributed by atoms with Gasteiger partial charge in [0, 0.05) is 36.0 Å². The molecule has 1 saturated heterocycles. The number of benzene rings is 2. The summed E-state index contributed by atoms with van der Waals surface area (Å²) >= 11 is 11.5. The monoisotopic (exact) mass is 590 g/mol. The minimum absolute atomic E-state index is 0.0782. The number of amidine groups is 1. The van der Waals surface area contributed by atoms with E-state index in [1.54, 1.807) is 4.90 Å². The Bertz CT molecular complexity index is 1440. The Kier molecular flexibility index (Phi) is 8.63. The Morgan fingerprint density at radius 3 is 2.46 bits per heavy atom. The van der Waals surface area contributed by atoms with Crippen LogP contribution < -0.4 is 14.5 Å². The molecule has 2 aromatic carbocycles. The van der Waals surface area contributed by atoms with Crippen molar-refractivity contribution in [3.63, 3.8) is 0 Å². The standard InChI is InChI=1S/C26H28Cl2N6O4S/c1-17(33-12-2-3-18-15-19(27)4-9-22(18)33)26(36)32-13-14-34(25(35)16-32)20-5-7-21(8-6-20)39(37,38)31-24(30)11-10-23(28)29/h4-11,15,17,29H,2-3,12-14,16H2,1H3,(H2,30,31)/b11-10-,29-23?/t17-/m1/s1. The van der Waals surface area contributed by atoms with Crippen molar-refractivity contribution in [1.29, 1.82) is 10.8 Å². The molecule has 1 fully saturated rings. The van der Waals surface area contributed by atoms with E-state index >= 15 is 0 Å². The molecule has 13 heteroatoms. The van der Waals surface area contributed by atoms with Crippen LogP contribution in [0.15, 0.2) is 59.5 Å². The van der Waals surface area contributed by atoms with Crippen molar-refractivity contribution in [2.45, 2.75) is 30.7 Å². The van der Waals surface area contributed by atoms with Gasteiger partial charge < -0.3 is 14.7 Å². The van der Waals surface area contributed by atoms with Gasteiger partial charge in [-0.3, -0.25) is 25.1 Å². The van der Waals surface area contributed by atoms with Gasteiger partial charge in [-0.1, -0.05) is 23.2 Å². The first-order chi connectivity index (χ1) is 18.5. The van der Waals surface area contributed by atoms with E-state index in [0.717, 1.165) is 42.8 Å². The van der Waals surface area contributed by atoms with Crippen molar-refractivity contribution >= 4 is 67.4 Å². The number of hydrogen-bond acceptors (Lipinski definition) is 7. The Morgan fingerprint density at radius 1 is 1.08 bits per heavy atom. The van der Waals surface area contributed by atoms with Crippen LogP contribution in [-0.4, -0.2) is 68.4 Å². The largest absolute Gasteiger partial charge is 0.360 e. The Balaban J connectivity index is 1.39. The quantitative estimate of drug-likeness (QED) is 0.335. The number of carbonyl (C=O) groups is 2. The van der Waals surface area contributed by atoms with Crippen molar-refractivity contribution in [1.82, 2.24) is 9.62 Å². The summed E-state index contributed by atoms with van der Waals surface area (Å²) in [5.41, 5.74) is 2.61. The lowest BCUT2D eigenvalue weighted by atomic mass is 10.00. The summed E-state index contributed by atoms with van der Waals surface area (Å²) in [6, 6.07) is 11.0. The summed E-state index contributed by atoms with van der Waals surface area (Å²) in [5.74, 6) is -0.845. The van der Waals surface area contributed by atoms with Crippen molar-refractivity contribution < 1.29 is 18.0 Å². The summed E-state index contributed by atoms with van der Waals surface area (Å²) in [6.45, 7) is 3.13. The molecule has 2 aromatic rings. The van der Waals surface area contributed by atoms with Gasteiger partial charge in [0.05, 0.1) is 4.90 Å². The van der Waals surface area contributed by atoms with E-state index in [4.69, 9.17) is 34.0 Å². The lowest BCUT2D eigenvalue weighted by Crippen LogP contribution is -2.57. The Morgan fingerprint density at radius 2 is 1.79 bits per heavy atom. The number of allylic oxidation sites excluding steroid dienone is 1. The second-order valence-corrected chi connectivity index (χ2v) is 11.8. The second kappa shape index (κ2) is 11.8. The van der Waals surface area contributed by atoms with E-state index in [9.17, 15) is 18.0 Å². The number of hydrogen-bond donors (Lipinski definition) is 3. The maximum Gasteiger partial charge on any atom is 0.263 e. The summed E-state index contributed by atoms with van der Waals surface area (Å²) in [5, 5.41) is 15.1. The number of halogens is 2. The van der Waals surface area contributed by atoms with Crippen LogP contribution in [0.2, 0.25) is 5.02 Å². The molecule has 0 aromatic heterocycles. The molecular formula is C26H28Cl2N6O4S. The minimum atomic E-state index is -4.04. The highest BCUT2D eigenvalue weighted by Gasteiger charge is 2.34. The van der Waals surface area contributed by atoms with Crippen molar-refractivity contribution in [2.75, 3.05) is 36.0 Å². The highest BCUT2D eigenvalue weighted by atomic mass is 35.5. The number of sulfonamides is 1. The van der Waals surface area contributed by atoms with E-state index in [-0.39, 0.29) is 35.0 Å². The number of amides is 2. The van der Waals surface area contributed by atoms with Crippen LogP contribution in [-0.2, 0) is 26.0 Å². The van der Waals surface area contributed by atoms with Gasteiger partial charge in [0.2, 0.25) is 11.8 Å². The van der Waals surface area contributed by atoms with Crippen LogP contribution in [0.1, 0.15) is 18.9 Å². The molecule has 3 N–H and O–H groups in total. The summed E-state index contributed by atoms with van der Waals surface area (Å²) in [7, 11) is -4.04. The molecule has 2 aliphatic rings. The molecule has 0 unspecified atom stereocenters. The topological polar surface area (TPSA) is 138 Å². The molecule has 0 spiro atoms. The summed E-state index contributed by atoms with van der Waals surface area (Å²) < 4.78 is 27.2. The van der Waals surface area contributed by atoms with Crippen molar-refractivity contribution in [2.24, 2.45) is 0 Å². The average molecular weight is 592 g/mol. The highest BCUT2D eigenvalue weighted by molar-refractivity contribution is 7.90. The van der Waals surface area contributed by atoms with Crippen LogP contribution in [0.5, 0.6) is 0 Å². The number of nitrogens with one attached hydrogen (secondary N) is 3. The molecule has 206 valence electrons. The number of anilines is 2. The van der Waals surface area contributed by atoms with Gasteiger partial charge in [-0.2, -0.15) is 0 Å². The first kappa shape index (κ1) is 28.6. The number of aryl methyl sites for hydroxylation is 1. The molecule has 39 heavy (non-hydrogen) atoms. The first-order valence-corrected chi connectivity index (χ1v) is 14.5. The zero-order chi connectivity index (χ0) is 28.3. The van der Waals surface area contributed by atoms with Crippen LogP contribution in [0.3, 0.4) is 0 Å². The van der Waals surface area contributed by atoms with E-state index in [0.29, 0.717) is 17.3 Å². The maximum absolute atomic E-state index is 13.4. The fourth-order valence-corrected chi connectivity index (χ4v) is 5.96. The lowest BCUT2D eigenvalue weighted by molar-refractivity contribution is -0.137. The predicted molar refractivity (Wildman–Crippen MR) is 153 cm³/mol. The van der Waals surface area contributed by atoms with Gasteiger partial charge in [-0.15, -0.1) is 0 Å². The highest BCUT2D eigenvalue weighted by Crippen LogP contribution is 2.31. The minimum Gasteiger partial charge on any atom is -0.360 e. The third kappa shape index (κ3) is 6.60. The van der Waals surface area contributed by atoms with Gasteiger partial charge in [0.1, 0.15) is 23.6 Å². The van der Waals surface area contributed by atoms with E-state index in [1.165, 1.54) is 29.2 Å². The predicted octanol–water partition coefficient (Wildman–Crippen LogP) is 3.38. The second-order valence-electron chi connectivity index (χ2n) is 9.25. The van der Waals surface area contributed by atoms with E-state index in [1.807, 2.05) is 25.1 Å². The van der Waals surface area contributed by atoms with Gasteiger partial charge in [0.15, 0.2) is 0 Å². The molecule has 0 radical (unpaired) electrons. The van der Waals surface area contributed by atoms with Crippen LogP contribution >= 0.6 is 23.2 Å². The van der Waals surface area contributed by atoms with Crippen LogP contribution in [0.4, 0.5) is 11.4 Å². The summed E-state index contributed by atoms with van der Waals surface area (Å²) in [6.07, 6.45) is 3.95. The van der Waals surface area contributed by atoms with Gasteiger partial charge in [-0.25, -0.2) is 8.42 Å². The van der Waals surface area contributed by atoms with Crippen LogP contribution in [0, 0.1) is 10.8 Å². The Hall–Kier alpha value is -3.41. The van der Waals surface area contributed by atoms with Crippen molar-refractivity contribution in [3.05, 3.63) is 65.2 Å². The molecule has 1 atom stereocenters. The summed E-state index contributed by atoms with van der Waals surface area (Å²) in [4.78, 5) is 31.4. The SMILES string of the molecule is C[C@H](C(=O)N1CCN(c2ccc(S(=O)(=O)NC(=N)/C=C\C(=N)Cl)cc2)C(=O)C1)N1CCCc2cc(Cl)ccc21. The lowest BCUT2D eigenvalue weighted by Gasteiger charge is -2.40. The molecular weight excluding hydrogens is 563 g/mol. The molecule has 4 rings (SSSR count). The maximum atomic E-state index is 13.4. The molecule has 2 heterocycles. The van der Waals surface area contributed by atoms with Gasteiger partial charge >= 0.3 is 0 Å². The number of fused-ring (bicyclic) bond motifs is 1. The molecule has 0 saturated carbocycles. The van der Waals surface area contributed by atoms with Gasteiger partial charge in [-0.05, 0) is 79.9 Å². The normalized spacial score (nSPS) is 16.7. The number of piperazine rings is 1. The van der Waals surface area contributed by atoms with Gasteiger partial charge in [0.25, 0.3) is 10.0 Å². The molecule has 2 amide bonds. The average Bonchev–Trinajstić information content (AvgIpc) is 2.90. The molecule has 0 bridgehead atoms. The molecule has 0 aliphatic carbocycles. The van der Waals surface area contributed by atoms with Crippen LogP contribution in [0.25, 0.3) is 0 Å². The zero-order valence-electron chi connectivity index (χ0n) is 21.2. The van der Waals surface area contributed by atoms with E-state index in [2.05, 4.69) is 9.62 Å². The number of rotatable bonds is 7. The Labute approximate surface area is 237 Å². The zero-order valence-corrected chi connectivity index (χ0v) is 23.5. The van der Waals surface area contributed by atoms with Crippen molar-refractivity contribution in [3.8, 4) is 0 Å². The molecule has 2 aliphatic heterocycles. The third-order valence-electron chi connectivity index (χ3n) is 6.65. The fourth-order valence-electron chi connectivity index (χ4n) is 4.73. The van der Waals surface area contributed by atoms with E-state index < -0.39 is 21.9 Å². The fraction of sp³-hybridized carbons (Fsp3) is 0.308. The third-order valence-corrected chi connectivity index (χ3v) is 8.40. The number of carbonyl (C=O) groups excluding carboxylic acids is 2. The molecule has 10 nitrogen and oxygen atoms in total.